The van der Waals surface area contributed by atoms with Gasteiger partial charge in [-0.15, -0.1) is 0 Å². The summed E-state index contributed by atoms with van der Waals surface area (Å²) in [7, 11) is 0. The van der Waals surface area contributed by atoms with Crippen molar-refractivity contribution in [3.8, 4) is 17.2 Å². The molecule has 1 saturated heterocycles. The third-order valence-electron chi connectivity index (χ3n) is 8.22. The van der Waals surface area contributed by atoms with Gasteiger partial charge in [-0.2, -0.15) is 0 Å². The molecule has 3 aromatic carbocycles. The Kier molecular flexibility index (Phi) is 8.16. The Bertz CT molecular complexity index is 1680. The van der Waals surface area contributed by atoms with Gasteiger partial charge in [0.05, 0.1) is 17.8 Å². The van der Waals surface area contributed by atoms with Crippen molar-refractivity contribution in [2.24, 2.45) is 0 Å². The van der Waals surface area contributed by atoms with Gasteiger partial charge in [-0.25, -0.2) is 0 Å². The van der Waals surface area contributed by atoms with Crippen LogP contribution in [-0.2, 0) is 0 Å². The quantitative estimate of drug-likeness (QED) is 0.175. The predicted octanol–water partition coefficient (Wildman–Crippen LogP) is 8.30. The Morgan fingerprint density at radius 2 is 1.47 bits per heavy atom. The van der Waals surface area contributed by atoms with Gasteiger partial charge in [0.1, 0.15) is 11.5 Å². The Hall–Kier alpha value is -4.62. The summed E-state index contributed by atoms with van der Waals surface area (Å²) >= 11 is 6.00. The van der Waals surface area contributed by atoms with Crippen LogP contribution in [0.4, 0.5) is 11.4 Å². The molecule has 5 aromatic rings. The Balaban J connectivity index is 1.39. The van der Waals surface area contributed by atoms with E-state index in [0.29, 0.717) is 5.11 Å². The van der Waals surface area contributed by atoms with E-state index in [9.17, 15) is 0 Å². The average molecular weight is 588 g/mol. The molecule has 0 bridgehead atoms. The number of nitrogens with one attached hydrogen (secondary N) is 1. The first-order valence-electron chi connectivity index (χ1n) is 14.9. The normalized spacial score (nSPS) is 16.3. The zero-order valence-corrected chi connectivity index (χ0v) is 25.9. The summed E-state index contributed by atoms with van der Waals surface area (Å²) in [5.74, 6) is 1.58. The lowest BCUT2D eigenvalue weighted by atomic mass is 9.96. The molecular formula is C36H37N5OS. The minimum Gasteiger partial charge on any atom is -0.457 e. The van der Waals surface area contributed by atoms with Crippen LogP contribution in [0.2, 0.25) is 0 Å². The van der Waals surface area contributed by atoms with Gasteiger partial charge in [0.25, 0.3) is 0 Å². The molecular weight excluding hydrogens is 550 g/mol. The van der Waals surface area contributed by atoms with E-state index in [-0.39, 0.29) is 12.1 Å². The fourth-order valence-electron chi connectivity index (χ4n) is 6.13. The van der Waals surface area contributed by atoms with E-state index in [1.807, 2.05) is 60.8 Å². The largest absolute Gasteiger partial charge is 0.457 e. The lowest BCUT2D eigenvalue weighted by molar-refractivity contribution is 0.482. The second-order valence-corrected chi connectivity index (χ2v) is 11.1. The molecule has 7 heteroatoms. The zero-order valence-electron chi connectivity index (χ0n) is 25.1. The highest BCUT2D eigenvalue weighted by Gasteiger charge is 2.42. The number of benzene rings is 3. The molecule has 0 spiro atoms. The van der Waals surface area contributed by atoms with Crippen molar-refractivity contribution >= 4 is 28.7 Å². The molecule has 0 unspecified atom stereocenters. The summed E-state index contributed by atoms with van der Waals surface area (Å²) in [6.45, 7) is 10.7. The summed E-state index contributed by atoms with van der Waals surface area (Å²) in [4.78, 5) is 9.32. The standard InChI is InChI=1S/C36H37N5OS/c1-5-39(6-2)27-15-17-28(18-16-27)40-25(3)24-32(26(40)4)35-34(33-14-10-11-23-37-33)38-36(43)41(35)29-19-21-31(22-20-29)42-30-12-8-7-9-13-30/h7-24,34-35H,5-6H2,1-4H3,(H,38,43)/t34-,35+/m1/s1. The van der Waals surface area contributed by atoms with Gasteiger partial charge in [-0.1, -0.05) is 24.3 Å². The highest BCUT2D eigenvalue weighted by molar-refractivity contribution is 7.80. The first-order valence-corrected chi connectivity index (χ1v) is 15.3. The first-order chi connectivity index (χ1) is 21.0. The molecule has 2 atom stereocenters. The van der Waals surface area contributed by atoms with Crippen LogP contribution in [0.1, 0.15) is 48.6 Å². The number of aryl methyl sites for hydroxylation is 1. The van der Waals surface area contributed by atoms with E-state index in [0.717, 1.165) is 41.7 Å². The lowest BCUT2D eigenvalue weighted by Crippen LogP contribution is -2.29. The number of hydrogen-bond acceptors (Lipinski definition) is 4. The van der Waals surface area contributed by atoms with Crippen molar-refractivity contribution in [3.05, 3.63) is 132 Å². The number of thiocarbonyl (C=S) groups is 1. The van der Waals surface area contributed by atoms with E-state index in [1.54, 1.807) is 0 Å². The molecule has 3 heterocycles. The maximum atomic E-state index is 6.07. The molecule has 1 aliphatic rings. The number of ether oxygens (including phenoxy) is 1. The second-order valence-electron chi connectivity index (χ2n) is 10.8. The molecule has 0 amide bonds. The number of anilines is 2. The van der Waals surface area contributed by atoms with Gasteiger partial charge in [0.15, 0.2) is 5.11 Å². The summed E-state index contributed by atoms with van der Waals surface area (Å²) in [6.07, 6.45) is 1.84. The molecule has 1 fully saturated rings. The minimum absolute atomic E-state index is 0.0989. The number of pyridine rings is 1. The number of rotatable bonds is 9. The van der Waals surface area contributed by atoms with E-state index in [4.69, 9.17) is 21.9 Å². The van der Waals surface area contributed by atoms with Crippen LogP contribution in [-0.4, -0.2) is 27.8 Å². The van der Waals surface area contributed by atoms with Crippen molar-refractivity contribution in [1.82, 2.24) is 14.9 Å². The van der Waals surface area contributed by atoms with Gasteiger partial charge >= 0.3 is 0 Å². The Morgan fingerprint density at radius 1 is 0.814 bits per heavy atom. The Labute approximate surface area is 259 Å². The minimum atomic E-state index is -0.118. The third-order valence-corrected chi connectivity index (χ3v) is 8.53. The maximum absolute atomic E-state index is 6.07. The highest BCUT2D eigenvalue weighted by Crippen LogP contribution is 2.44. The third kappa shape index (κ3) is 5.60. The molecule has 218 valence electrons. The fraction of sp³-hybridized carbons (Fsp3) is 0.222. The molecule has 0 radical (unpaired) electrons. The SMILES string of the molecule is CCN(CC)c1ccc(-n2c(C)cc([C@H]3[C@@H](c4ccccn4)NC(=S)N3c3ccc(Oc4ccccc4)cc3)c2C)cc1. The smallest absolute Gasteiger partial charge is 0.174 e. The first kappa shape index (κ1) is 28.5. The van der Waals surface area contributed by atoms with E-state index < -0.39 is 0 Å². The molecule has 0 aliphatic carbocycles. The van der Waals surface area contributed by atoms with E-state index in [2.05, 4.69) is 95.9 Å². The van der Waals surface area contributed by atoms with Gasteiger partial charge in [-0.3, -0.25) is 4.98 Å². The Morgan fingerprint density at radius 3 is 2.12 bits per heavy atom. The van der Waals surface area contributed by atoms with Crippen LogP contribution < -0.4 is 19.9 Å². The van der Waals surface area contributed by atoms with Crippen molar-refractivity contribution in [3.63, 3.8) is 0 Å². The van der Waals surface area contributed by atoms with Gasteiger partial charge in [0, 0.05) is 47.7 Å². The topological polar surface area (TPSA) is 45.6 Å². The van der Waals surface area contributed by atoms with Crippen LogP contribution in [0.3, 0.4) is 0 Å². The second kappa shape index (κ2) is 12.3. The molecule has 1 N–H and O–H groups in total. The van der Waals surface area contributed by atoms with Crippen LogP contribution in [0.25, 0.3) is 5.69 Å². The maximum Gasteiger partial charge on any atom is 0.174 e. The molecule has 43 heavy (non-hydrogen) atoms. The summed E-state index contributed by atoms with van der Waals surface area (Å²) in [5, 5.41) is 4.27. The monoisotopic (exact) mass is 587 g/mol. The van der Waals surface area contributed by atoms with E-state index >= 15 is 0 Å². The van der Waals surface area contributed by atoms with Gasteiger partial charge < -0.3 is 24.4 Å². The summed E-state index contributed by atoms with van der Waals surface area (Å²) < 4.78 is 8.41. The van der Waals surface area contributed by atoms with Crippen molar-refractivity contribution < 1.29 is 4.74 Å². The number of nitrogens with zero attached hydrogens (tertiary/aromatic N) is 4. The van der Waals surface area contributed by atoms with Crippen molar-refractivity contribution in [1.29, 1.82) is 0 Å². The fourth-order valence-corrected chi connectivity index (χ4v) is 6.48. The van der Waals surface area contributed by atoms with Crippen LogP contribution in [0, 0.1) is 13.8 Å². The molecule has 0 saturated carbocycles. The van der Waals surface area contributed by atoms with Crippen LogP contribution >= 0.6 is 12.2 Å². The van der Waals surface area contributed by atoms with Crippen molar-refractivity contribution in [2.75, 3.05) is 22.9 Å². The number of hydrogen-bond donors (Lipinski definition) is 1. The zero-order chi connectivity index (χ0) is 29.9. The number of aromatic nitrogens is 2. The molecule has 6 nitrogen and oxygen atoms in total. The molecule has 1 aliphatic heterocycles. The lowest BCUT2D eigenvalue weighted by Gasteiger charge is -2.28. The average Bonchev–Trinajstić information content (AvgIpc) is 3.54. The van der Waals surface area contributed by atoms with Crippen LogP contribution in [0.5, 0.6) is 11.5 Å². The number of para-hydroxylation sites is 1. The molecule has 6 rings (SSSR count). The van der Waals surface area contributed by atoms with Gasteiger partial charge in [-0.05, 0) is 124 Å². The van der Waals surface area contributed by atoms with E-state index in [1.165, 1.54) is 22.6 Å². The summed E-state index contributed by atoms with van der Waals surface area (Å²) in [6, 6.07) is 35.0. The summed E-state index contributed by atoms with van der Waals surface area (Å²) in [5.41, 5.74) is 7.89. The molecule has 2 aromatic heterocycles. The van der Waals surface area contributed by atoms with Crippen molar-refractivity contribution in [2.45, 2.75) is 39.8 Å². The van der Waals surface area contributed by atoms with Crippen LogP contribution in [0.15, 0.2) is 109 Å². The highest BCUT2D eigenvalue weighted by atomic mass is 32.1. The predicted molar refractivity (Wildman–Crippen MR) is 180 cm³/mol. The van der Waals surface area contributed by atoms with Gasteiger partial charge in [0.2, 0.25) is 0 Å².